The third kappa shape index (κ3) is 3.65. The summed E-state index contributed by atoms with van der Waals surface area (Å²) >= 11 is 2.07. The van der Waals surface area contributed by atoms with Gasteiger partial charge in [0, 0.05) is 24.8 Å². The maximum absolute atomic E-state index is 12.7. The minimum atomic E-state index is -4.26. The third-order valence-corrected chi connectivity index (χ3v) is 7.78. The summed E-state index contributed by atoms with van der Waals surface area (Å²) in [4.78, 5) is 4.89. The average Bonchev–Trinajstić information content (AvgIpc) is 2.60. The van der Waals surface area contributed by atoms with Gasteiger partial charge in [-0.15, -0.1) is 0 Å². The van der Waals surface area contributed by atoms with E-state index in [4.69, 9.17) is 0 Å². The Morgan fingerprint density at radius 1 is 1.00 bits per heavy atom. The average molecular weight is 370 g/mol. The van der Waals surface area contributed by atoms with E-state index in [2.05, 4.69) is 21.6 Å². The fourth-order valence-corrected chi connectivity index (χ4v) is 5.75. The van der Waals surface area contributed by atoms with E-state index < -0.39 is 11.7 Å². The molecule has 138 valence electrons. The Kier molecular flexibility index (Phi) is 4.69. The number of hydrogen-bond acceptors (Lipinski definition) is 3. The highest BCUT2D eigenvalue weighted by Crippen LogP contribution is 2.46. The van der Waals surface area contributed by atoms with Gasteiger partial charge in [0.15, 0.2) is 0 Å². The normalized spacial score (nSPS) is 27.3. The Balaban J connectivity index is 1.38. The highest BCUT2D eigenvalue weighted by atomic mass is 32.2. The lowest BCUT2D eigenvalue weighted by Gasteiger charge is -2.50. The van der Waals surface area contributed by atoms with Crippen molar-refractivity contribution in [2.45, 2.75) is 37.9 Å². The number of hydrogen-bond donors (Lipinski definition) is 0. The summed E-state index contributed by atoms with van der Waals surface area (Å²) in [5.74, 6) is 2.67. The molecule has 0 bridgehead atoms. The molecular weight excluding hydrogens is 345 g/mol. The molecule has 0 aromatic heterocycles. The van der Waals surface area contributed by atoms with E-state index >= 15 is 0 Å². The first-order valence-corrected chi connectivity index (χ1v) is 10.3. The quantitative estimate of drug-likeness (QED) is 0.757. The second-order valence-corrected chi connectivity index (χ2v) is 8.80. The van der Waals surface area contributed by atoms with Crippen LogP contribution in [0, 0.1) is 5.41 Å². The van der Waals surface area contributed by atoms with Gasteiger partial charge < -0.3 is 4.90 Å². The predicted octanol–water partition coefficient (Wildman–Crippen LogP) is 4.50. The first-order valence-electron chi connectivity index (χ1n) is 9.19. The van der Waals surface area contributed by atoms with E-state index in [-0.39, 0.29) is 0 Å². The van der Waals surface area contributed by atoms with Crippen LogP contribution >= 0.6 is 11.8 Å². The molecule has 0 saturated carbocycles. The van der Waals surface area contributed by atoms with Gasteiger partial charge in [-0.2, -0.15) is 24.9 Å². The van der Waals surface area contributed by atoms with Crippen molar-refractivity contribution in [1.29, 1.82) is 0 Å². The summed E-state index contributed by atoms with van der Waals surface area (Å²) in [6.07, 6.45) is 0.697. The molecule has 0 radical (unpaired) electrons. The summed E-state index contributed by atoms with van der Waals surface area (Å²) in [7, 11) is 0. The van der Waals surface area contributed by atoms with Gasteiger partial charge >= 0.3 is 6.18 Å². The molecule has 1 aromatic rings. The van der Waals surface area contributed by atoms with Crippen LogP contribution in [0.5, 0.6) is 0 Å². The van der Waals surface area contributed by atoms with E-state index in [1.54, 1.807) is 12.1 Å². The van der Waals surface area contributed by atoms with Crippen LogP contribution in [0.3, 0.4) is 0 Å². The number of thioether (sulfide) groups is 1. The largest absolute Gasteiger partial charge is 0.416 e. The van der Waals surface area contributed by atoms with Crippen molar-refractivity contribution in [2.75, 3.05) is 42.6 Å². The molecule has 3 fully saturated rings. The molecule has 0 aliphatic carbocycles. The predicted molar refractivity (Wildman–Crippen MR) is 97.2 cm³/mol. The van der Waals surface area contributed by atoms with Crippen molar-refractivity contribution in [1.82, 2.24) is 4.90 Å². The Labute approximate surface area is 151 Å². The summed E-state index contributed by atoms with van der Waals surface area (Å²) in [6.45, 7) is 4.25. The van der Waals surface area contributed by atoms with Gasteiger partial charge in [0.1, 0.15) is 0 Å². The summed E-state index contributed by atoms with van der Waals surface area (Å²) in [5.41, 5.74) is 0.981. The van der Waals surface area contributed by atoms with Crippen LogP contribution in [0.15, 0.2) is 24.3 Å². The molecular formula is C19H25F3N2S. The maximum atomic E-state index is 12.7. The molecule has 2 nitrogen and oxygen atoms in total. The van der Waals surface area contributed by atoms with Crippen LogP contribution in [0.4, 0.5) is 18.9 Å². The van der Waals surface area contributed by atoms with Crippen molar-refractivity contribution >= 4 is 17.4 Å². The zero-order valence-corrected chi connectivity index (χ0v) is 15.2. The van der Waals surface area contributed by atoms with Gasteiger partial charge in [0.2, 0.25) is 0 Å². The Morgan fingerprint density at radius 3 is 2.24 bits per heavy atom. The fourth-order valence-electron chi connectivity index (χ4n) is 4.39. The molecule has 3 heterocycles. The summed E-state index contributed by atoms with van der Waals surface area (Å²) in [6, 6.07) is 6.21. The number of alkyl halides is 3. The number of anilines is 1. The van der Waals surface area contributed by atoms with Gasteiger partial charge in [0.05, 0.1) is 5.56 Å². The molecule has 3 aliphatic rings. The number of piperidine rings is 2. The van der Waals surface area contributed by atoms with Gasteiger partial charge in [-0.3, -0.25) is 4.90 Å². The van der Waals surface area contributed by atoms with Crippen LogP contribution in [-0.4, -0.2) is 48.6 Å². The smallest absolute Gasteiger partial charge is 0.370 e. The molecule has 1 atom stereocenters. The van der Waals surface area contributed by atoms with E-state index in [1.807, 2.05) is 0 Å². The zero-order chi connectivity index (χ0) is 17.5. The van der Waals surface area contributed by atoms with E-state index in [0.29, 0.717) is 11.5 Å². The molecule has 1 unspecified atom stereocenters. The number of likely N-dealkylation sites (tertiary alicyclic amines) is 1. The number of benzene rings is 1. The minimum absolute atomic E-state index is 0.543. The Morgan fingerprint density at radius 2 is 1.68 bits per heavy atom. The number of rotatable bonds is 2. The molecule has 1 aromatic carbocycles. The second kappa shape index (κ2) is 6.69. The first-order chi connectivity index (χ1) is 12.0. The number of halogens is 3. The highest BCUT2D eigenvalue weighted by Gasteiger charge is 2.41. The molecule has 1 spiro atoms. The van der Waals surface area contributed by atoms with Gasteiger partial charge in [-0.1, -0.05) is 0 Å². The van der Waals surface area contributed by atoms with Gasteiger partial charge in [0.25, 0.3) is 0 Å². The van der Waals surface area contributed by atoms with Crippen molar-refractivity contribution in [3.05, 3.63) is 29.8 Å². The lowest BCUT2D eigenvalue weighted by Crippen LogP contribution is -2.54. The van der Waals surface area contributed by atoms with Crippen LogP contribution in [-0.2, 0) is 6.18 Å². The zero-order valence-electron chi connectivity index (χ0n) is 14.4. The molecule has 3 saturated heterocycles. The molecule has 0 N–H and O–H groups in total. The maximum Gasteiger partial charge on any atom is 0.416 e. The van der Waals surface area contributed by atoms with Crippen LogP contribution < -0.4 is 4.90 Å². The SMILES string of the molecule is FC(F)(F)c1ccc(N2CCCC(N3CCC4(CC3)CSC4)C2)cc1. The van der Waals surface area contributed by atoms with Crippen molar-refractivity contribution in [2.24, 2.45) is 5.41 Å². The molecule has 0 amide bonds. The number of nitrogens with zero attached hydrogens (tertiary/aromatic N) is 2. The van der Waals surface area contributed by atoms with Gasteiger partial charge in [-0.25, -0.2) is 0 Å². The molecule has 25 heavy (non-hydrogen) atoms. The van der Waals surface area contributed by atoms with Crippen LogP contribution in [0.2, 0.25) is 0 Å². The topological polar surface area (TPSA) is 6.48 Å². The highest BCUT2D eigenvalue weighted by molar-refractivity contribution is 8.00. The Bertz CT molecular complexity index is 588. The lowest BCUT2D eigenvalue weighted by molar-refractivity contribution is -0.137. The van der Waals surface area contributed by atoms with E-state index in [9.17, 15) is 13.2 Å². The minimum Gasteiger partial charge on any atom is -0.370 e. The standard InChI is InChI=1S/C19H25F3N2S/c20-19(21,22)15-3-5-16(6-4-15)24-9-1-2-17(12-24)23-10-7-18(8-11-23)13-25-14-18/h3-6,17H,1-2,7-14H2. The monoisotopic (exact) mass is 370 g/mol. The molecule has 6 heteroatoms. The van der Waals surface area contributed by atoms with Crippen molar-refractivity contribution in [3.8, 4) is 0 Å². The lowest BCUT2D eigenvalue weighted by atomic mass is 9.80. The molecule has 4 rings (SSSR count). The van der Waals surface area contributed by atoms with E-state index in [1.165, 1.54) is 56.0 Å². The summed E-state index contributed by atoms with van der Waals surface area (Å²) in [5, 5.41) is 0. The van der Waals surface area contributed by atoms with Crippen LogP contribution in [0.25, 0.3) is 0 Å². The third-order valence-electron chi connectivity index (χ3n) is 6.15. The van der Waals surface area contributed by atoms with Crippen LogP contribution in [0.1, 0.15) is 31.2 Å². The summed E-state index contributed by atoms with van der Waals surface area (Å²) < 4.78 is 38.2. The molecule has 3 aliphatic heterocycles. The second-order valence-electron chi connectivity index (χ2n) is 7.82. The van der Waals surface area contributed by atoms with Gasteiger partial charge in [-0.05, 0) is 80.0 Å². The van der Waals surface area contributed by atoms with Crippen molar-refractivity contribution < 1.29 is 13.2 Å². The van der Waals surface area contributed by atoms with E-state index in [0.717, 1.165) is 25.2 Å². The Hall–Kier alpha value is -0.880. The first kappa shape index (κ1) is 17.5. The fraction of sp³-hybridized carbons (Fsp3) is 0.684. The van der Waals surface area contributed by atoms with Crippen molar-refractivity contribution in [3.63, 3.8) is 0 Å².